The Kier molecular flexibility index (Phi) is 5.61. The Morgan fingerprint density at radius 3 is 2.77 bits per heavy atom. The summed E-state index contributed by atoms with van der Waals surface area (Å²) in [4.78, 5) is 14.6. The number of aromatic nitrogens is 1. The predicted molar refractivity (Wildman–Crippen MR) is 97.2 cm³/mol. The van der Waals surface area contributed by atoms with Crippen molar-refractivity contribution in [2.24, 2.45) is 0 Å². The lowest BCUT2D eigenvalue weighted by molar-refractivity contribution is -0.0413. The summed E-state index contributed by atoms with van der Waals surface area (Å²) in [6.07, 6.45) is 1.94. The van der Waals surface area contributed by atoms with Gasteiger partial charge in [0.25, 0.3) is 5.91 Å². The molecule has 6 heteroatoms. The lowest BCUT2D eigenvalue weighted by Crippen LogP contribution is -2.53. The number of ether oxygens (including phenoxy) is 1. The fraction of sp³-hybridized carbons (Fsp3) is 0.500. The molecule has 1 fully saturated rings. The molecule has 1 aliphatic carbocycles. The number of nitrogens with zero attached hydrogens (tertiary/aromatic N) is 2. The van der Waals surface area contributed by atoms with Gasteiger partial charge in [0.2, 0.25) is 0 Å². The standard InChI is InChI=1S/C20H26N2O4/c1-4-15-18(13(2)26-21-15)20(24)22(3)16-11-8-12-17(19(16)23)25-14-9-6-5-7-10-14/h5-7,9-10,16-17,19,23H,4,8,11-12H2,1-3H3/t16-,17-,19-/m1/s1. The number of para-hydroxylation sites is 1. The highest BCUT2D eigenvalue weighted by atomic mass is 16.5. The van der Waals surface area contributed by atoms with Gasteiger partial charge in [-0.2, -0.15) is 0 Å². The van der Waals surface area contributed by atoms with E-state index in [-0.39, 0.29) is 18.1 Å². The van der Waals surface area contributed by atoms with Crippen LogP contribution in [0.5, 0.6) is 5.75 Å². The first-order valence-corrected chi connectivity index (χ1v) is 9.15. The van der Waals surface area contributed by atoms with Crippen molar-refractivity contribution < 1.29 is 19.2 Å². The molecule has 2 aromatic rings. The number of benzene rings is 1. The minimum Gasteiger partial charge on any atom is -0.488 e. The second kappa shape index (κ2) is 7.91. The molecule has 6 nitrogen and oxygen atoms in total. The largest absolute Gasteiger partial charge is 0.488 e. The zero-order valence-corrected chi connectivity index (χ0v) is 15.5. The summed E-state index contributed by atoms with van der Waals surface area (Å²) >= 11 is 0. The summed E-state index contributed by atoms with van der Waals surface area (Å²) in [7, 11) is 1.73. The number of aliphatic hydroxyl groups is 1. The molecule has 1 amide bonds. The molecule has 0 aliphatic heterocycles. The monoisotopic (exact) mass is 358 g/mol. The fourth-order valence-electron chi connectivity index (χ4n) is 3.60. The summed E-state index contributed by atoms with van der Waals surface area (Å²) in [5.74, 6) is 1.08. The molecular formula is C20H26N2O4. The van der Waals surface area contributed by atoms with Crippen LogP contribution in [-0.2, 0) is 6.42 Å². The van der Waals surface area contributed by atoms with Crippen molar-refractivity contribution in [1.29, 1.82) is 0 Å². The van der Waals surface area contributed by atoms with Crippen molar-refractivity contribution in [2.45, 2.75) is 57.8 Å². The van der Waals surface area contributed by atoms with E-state index in [1.54, 1.807) is 18.9 Å². The molecule has 1 saturated carbocycles. The zero-order valence-electron chi connectivity index (χ0n) is 15.5. The third kappa shape index (κ3) is 3.60. The van der Waals surface area contributed by atoms with Crippen molar-refractivity contribution >= 4 is 5.91 Å². The normalized spacial score (nSPS) is 22.8. The summed E-state index contributed by atoms with van der Waals surface area (Å²) < 4.78 is 11.2. The van der Waals surface area contributed by atoms with E-state index in [0.29, 0.717) is 23.4 Å². The van der Waals surface area contributed by atoms with Gasteiger partial charge in [-0.3, -0.25) is 4.79 Å². The third-order valence-electron chi connectivity index (χ3n) is 5.09. The Morgan fingerprint density at radius 1 is 1.35 bits per heavy atom. The molecule has 1 aliphatic rings. The van der Waals surface area contributed by atoms with Crippen LogP contribution in [0.4, 0.5) is 0 Å². The van der Waals surface area contributed by atoms with Gasteiger partial charge in [-0.25, -0.2) is 0 Å². The zero-order chi connectivity index (χ0) is 18.7. The minimum absolute atomic E-state index is 0.162. The van der Waals surface area contributed by atoms with E-state index in [0.717, 1.165) is 25.0 Å². The maximum absolute atomic E-state index is 13.0. The third-order valence-corrected chi connectivity index (χ3v) is 5.09. The van der Waals surface area contributed by atoms with Crippen molar-refractivity contribution in [3.8, 4) is 5.75 Å². The van der Waals surface area contributed by atoms with Gasteiger partial charge in [-0.15, -0.1) is 0 Å². The van der Waals surface area contributed by atoms with Gasteiger partial charge >= 0.3 is 0 Å². The van der Waals surface area contributed by atoms with Crippen LogP contribution < -0.4 is 4.74 Å². The summed E-state index contributed by atoms with van der Waals surface area (Å²) in [6.45, 7) is 3.68. The fourth-order valence-corrected chi connectivity index (χ4v) is 3.60. The molecule has 140 valence electrons. The van der Waals surface area contributed by atoms with Crippen LogP contribution >= 0.6 is 0 Å². The van der Waals surface area contributed by atoms with E-state index in [9.17, 15) is 9.90 Å². The molecule has 1 aromatic carbocycles. The van der Waals surface area contributed by atoms with Gasteiger partial charge in [0.1, 0.15) is 29.3 Å². The Balaban J connectivity index is 1.75. The smallest absolute Gasteiger partial charge is 0.259 e. The van der Waals surface area contributed by atoms with E-state index in [2.05, 4.69) is 5.16 Å². The number of hydrogen-bond acceptors (Lipinski definition) is 5. The number of carbonyl (C=O) groups is 1. The summed E-state index contributed by atoms with van der Waals surface area (Å²) in [5.41, 5.74) is 1.16. The van der Waals surface area contributed by atoms with Crippen molar-refractivity contribution in [3.05, 3.63) is 47.3 Å². The molecule has 0 spiro atoms. The molecule has 1 aromatic heterocycles. The van der Waals surface area contributed by atoms with E-state index >= 15 is 0 Å². The molecule has 0 unspecified atom stereocenters. The van der Waals surface area contributed by atoms with Crippen LogP contribution in [-0.4, -0.2) is 46.4 Å². The van der Waals surface area contributed by atoms with E-state index in [1.165, 1.54) is 0 Å². The molecule has 0 radical (unpaired) electrons. The van der Waals surface area contributed by atoms with Gasteiger partial charge in [0, 0.05) is 7.05 Å². The number of likely N-dealkylation sites (N-methyl/N-ethyl adjacent to an activating group) is 1. The van der Waals surface area contributed by atoms with Gasteiger partial charge in [-0.1, -0.05) is 30.3 Å². The second-order valence-corrected chi connectivity index (χ2v) is 6.79. The number of hydrogen-bond donors (Lipinski definition) is 1. The van der Waals surface area contributed by atoms with Crippen molar-refractivity contribution in [3.63, 3.8) is 0 Å². The van der Waals surface area contributed by atoms with Crippen LogP contribution in [0.2, 0.25) is 0 Å². The van der Waals surface area contributed by atoms with E-state index in [4.69, 9.17) is 9.26 Å². The Bertz CT molecular complexity index is 744. The van der Waals surface area contributed by atoms with Crippen LogP contribution in [0.1, 0.15) is 48.0 Å². The van der Waals surface area contributed by atoms with Crippen molar-refractivity contribution in [1.82, 2.24) is 10.1 Å². The summed E-state index contributed by atoms with van der Waals surface area (Å²) in [5, 5.41) is 14.8. The Morgan fingerprint density at radius 2 is 2.08 bits per heavy atom. The average Bonchev–Trinajstić information content (AvgIpc) is 3.03. The summed E-state index contributed by atoms with van der Waals surface area (Å²) in [6, 6.07) is 9.17. The highest BCUT2D eigenvalue weighted by Crippen LogP contribution is 2.28. The van der Waals surface area contributed by atoms with Gasteiger partial charge in [0.05, 0.1) is 11.7 Å². The Labute approximate surface area is 153 Å². The lowest BCUT2D eigenvalue weighted by Gasteiger charge is -2.39. The number of carbonyl (C=O) groups excluding carboxylic acids is 1. The first-order valence-electron chi connectivity index (χ1n) is 9.15. The number of aryl methyl sites for hydroxylation is 2. The predicted octanol–water partition coefficient (Wildman–Crippen LogP) is 2.98. The maximum Gasteiger partial charge on any atom is 0.259 e. The van der Waals surface area contributed by atoms with Crippen LogP contribution in [0.3, 0.4) is 0 Å². The molecule has 0 saturated heterocycles. The van der Waals surface area contributed by atoms with Gasteiger partial charge in [-0.05, 0) is 44.7 Å². The highest BCUT2D eigenvalue weighted by Gasteiger charge is 2.38. The molecular weight excluding hydrogens is 332 g/mol. The molecule has 26 heavy (non-hydrogen) atoms. The quantitative estimate of drug-likeness (QED) is 0.889. The lowest BCUT2D eigenvalue weighted by atomic mass is 9.88. The van der Waals surface area contributed by atoms with Crippen molar-refractivity contribution in [2.75, 3.05) is 7.05 Å². The van der Waals surface area contributed by atoms with Gasteiger partial charge in [0.15, 0.2) is 0 Å². The van der Waals surface area contributed by atoms with Gasteiger partial charge < -0.3 is 19.3 Å². The second-order valence-electron chi connectivity index (χ2n) is 6.79. The van der Waals surface area contributed by atoms with Crippen LogP contribution in [0, 0.1) is 6.92 Å². The van der Waals surface area contributed by atoms with Crippen LogP contribution in [0.25, 0.3) is 0 Å². The average molecular weight is 358 g/mol. The Hall–Kier alpha value is -2.34. The molecule has 3 rings (SSSR count). The highest BCUT2D eigenvalue weighted by molar-refractivity contribution is 5.96. The first-order chi connectivity index (χ1) is 12.5. The SMILES string of the molecule is CCc1noc(C)c1C(=O)N(C)[C@@H]1CCC[C@@H](Oc2ccccc2)[C@@H]1O. The number of amides is 1. The molecule has 1 heterocycles. The molecule has 0 bridgehead atoms. The topological polar surface area (TPSA) is 75.8 Å². The molecule has 1 N–H and O–H groups in total. The molecule has 3 atom stereocenters. The number of aliphatic hydroxyl groups excluding tert-OH is 1. The first kappa shape index (κ1) is 18.5. The van der Waals surface area contributed by atoms with Crippen LogP contribution in [0.15, 0.2) is 34.9 Å². The number of rotatable bonds is 5. The van der Waals surface area contributed by atoms with E-state index in [1.807, 2.05) is 37.3 Å². The van der Waals surface area contributed by atoms with E-state index < -0.39 is 6.10 Å². The minimum atomic E-state index is -0.747. The maximum atomic E-state index is 13.0.